The Hall–Kier alpha value is -1.33. The van der Waals surface area contributed by atoms with E-state index in [1.807, 2.05) is 7.05 Å². The van der Waals surface area contributed by atoms with Crippen molar-refractivity contribution >= 4 is 11.4 Å². The fourth-order valence-corrected chi connectivity index (χ4v) is 1.46. The van der Waals surface area contributed by atoms with Crippen LogP contribution in [0.25, 0.3) is 0 Å². The van der Waals surface area contributed by atoms with Crippen molar-refractivity contribution < 1.29 is 9.13 Å². The molecule has 0 fully saturated rings. The fourth-order valence-electron chi connectivity index (χ4n) is 1.46. The molecule has 1 rings (SSSR count). The van der Waals surface area contributed by atoms with E-state index >= 15 is 0 Å². The predicted octanol–water partition coefficient (Wildman–Crippen LogP) is 1.40. The zero-order chi connectivity index (χ0) is 12.7. The second-order valence-corrected chi connectivity index (χ2v) is 4.00. The van der Waals surface area contributed by atoms with Crippen LogP contribution in [-0.4, -0.2) is 45.3 Å². The quantitative estimate of drug-likeness (QED) is 0.708. The number of nitrogens with one attached hydrogen (secondary N) is 1. The number of anilines is 2. The number of nitrogen functional groups attached to an aromatic ring is 1. The lowest BCUT2D eigenvalue weighted by molar-refractivity contribution is 0.163. The van der Waals surface area contributed by atoms with Gasteiger partial charge in [0.25, 0.3) is 0 Å². The Morgan fingerprint density at radius 2 is 2.12 bits per heavy atom. The van der Waals surface area contributed by atoms with Gasteiger partial charge in [-0.3, -0.25) is 0 Å². The first-order chi connectivity index (χ1) is 8.11. The molecule has 0 aromatic heterocycles. The average Bonchev–Trinajstić information content (AvgIpc) is 2.25. The lowest BCUT2D eigenvalue weighted by atomic mass is 10.2. The second-order valence-electron chi connectivity index (χ2n) is 4.00. The van der Waals surface area contributed by atoms with Crippen LogP contribution in [0, 0.1) is 5.82 Å². The molecule has 0 atom stereocenters. The lowest BCUT2D eigenvalue weighted by Gasteiger charge is -2.16. The molecule has 1 aromatic carbocycles. The number of hydrogen-bond acceptors (Lipinski definition) is 4. The van der Waals surface area contributed by atoms with Gasteiger partial charge in [0.05, 0.1) is 6.61 Å². The number of nitrogens with zero attached hydrogens (tertiary/aromatic N) is 1. The van der Waals surface area contributed by atoms with Gasteiger partial charge in [0.15, 0.2) is 0 Å². The highest BCUT2D eigenvalue weighted by molar-refractivity contribution is 5.54. The molecule has 0 saturated heterocycles. The van der Waals surface area contributed by atoms with Gasteiger partial charge < -0.3 is 20.7 Å². The van der Waals surface area contributed by atoms with Gasteiger partial charge >= 0.3 is 0 Å². The third-order valence-corrected chi connectivity index (χ3v) is 2.42. The summed E-state index contributed by atoms with van der Waals surface area (Å²) in [5.41, 5.74) is 6.69. The van der Waals surface area contributed by atoms with Crippen LogP contribution in [0.2, 0.25) is 0 Å². The Morgan fingerprint density at radius 1 is 1.35 bits per heavy atom. The number of likely N-dealkylation sites (N-methyl/N-ethyl adjacent to an activating group) is 1. The summed E-state index contributed by atoms with van der Waals surface area (Å²) in [6.45, 7) is 3.19. The number of benzene rings is 1. The van der Waals surface area contributed by atoms with Gasteiger partial charge in [0.1, 0.15) is 5.82 Å². The monoisotopic (exact) mass is 241 g/mol. The standard InChI is InChI=1S/C12H20FN3O/c1-16(5-6-17-2)4-3-15-12-8-10(13)7-11(14)9-12/h7-9,15H,3-6,14H2,1-2H3. The molecule has 0 aliphatic carbocycles. The number of nitrogens with two attached hydrogens (primary N) is 1. The topological polar surface area (TPSA) is 50.5 Å². The van der Waals surface area contributed by atoms with Crippen LogP contribution in [0.5, 0.6) is 0 Å². The number of halogens is 1. The zero-order valence-electron chi connectivity index (χ0n) is 10.4. The van der Waals surface area contributed by atoms with Crippen LogP contribution < -0.4 is 11.1 Å². The first-order valence-electron chi connectivity index (χ1n) is 5.59. The normalized spacial score (nSPS) is 10.8. The summed E-state index contributed by atoms with van der Waals surface area (Å²) < 4.78 is 18.0. The molecule has 0 unspecified atom stereocenters. The molecule has 0 amide bonds. The zero-order valence-corrected chi connectivity index (χ0v) is 10.4. The number of methoxy groups -OCH3 is 1. The van der Waals surface area contributed by atoms with Gasteiger partial charge in [-0.1, -0.05) is 0 Å². The molecule has 1 aromatic rings. The van der Waals surface area contributed by atoms with Gasteiger partial charge in [0.2, 0.25) is 0 Å². The molecule has 0 aliphatic rings. The second kappa shape index (κ2) is 7.09. The van der Waals surface area contributed by atoms with E-state index in [-0.39, 0.29) is 5.82 Å². The molecule has 96 valence electrons. The number of hydrogen-bond donors (Lipinski definition) is 2. The summed E-state index contributed by atoms with van der Waals surface area (Å²) in [7, 11) is 3.70. The molecule has 0 radical (unpaired) electrons. The van der Waals surface area contributed by atoms with Crippen LogP contribution >= 0.6 is 0 Å². The average molecular weight is 241 g/mol. The highest BCUT2D eigenvalue weighted by atomic mass is 19.1. The molecular formula is C12H20FN3O. The summed E-state index contributed by atoms with van der Waals surface area (Å²) >= 11 is 0. The molecule has 0 aliphatic heterocycles. The maximum atomic E-state index is 13.0. The Labute approximate surface area is 102 Å². The van der Waals surface area contributed by atoms with Crippen LogP contribution in [0.1, 0.15) is 0 Å². The van der Waals surface area contributed by atoms with E-state index in [0.29, 0.717) is 18.0 Å². The van der Waals surface area contributed by atoms with Crippen molar-refractivity contribution in [1.82, 2.24) is 4.90 Å². The maximum Gasteiger partial charge on any atom is 0.127 e. The minimum absolute atomic E-state index is 0.319. The van der Waals surface area contributed by atoms with Crippen molar-refractivity contribution in [3.63, 3.8) is 0 Å². The van der Waals surface area contributed by atoms with E-state index in [4.69, 9.17) is 10.5 Å². The third-order valence-electron chi connectivity index (χ3n) is 2.42. The van der Waals surface area contributed by atoms with Crippen LogP contribution in [0.4, 0.5) is 15.8 Å². The van der Waals surface area contributed by atoms with E-state index < -0.39 is 0 Å². The van der Waals surface area contributed by atoms with Crippen molar-refractivity contribution in [2.45, 2.75) is 0 Å². The first kappa shape index (κ1) is 13.7. The van der Waals surface area contributed by atoms with Gasteiger partial charge in [-0.05, 0) is 25.2 Å². The van der Waals surface area contributed by atoms with Crippen LogP contribution in [-0.2, 0) is 4.74 Å². The first-order valence-corrected chi connectivity index (χ1v) is 5.59. The smallest absolute Gasteiger partial charge is 0.127 e. The highest BCUT2D eigenvalue weighted by Gasteiger charge is 2.00. The Kier molecular flexibility index (Phi) is 5.72. The molecule has 0 saturated carbocycles. The minimum Gasteiger partial charge on any atom is -0.399 e. The summed E-state index contributed by atoms with van der Waals surface area (Å²) in [4.78, 5) is 2.14. The largest absolute Gasteiger partial charge is 0.399 e. The molecule has 4 nitrogen and oxygen atoms in total. The maximum absolute atomic E-state index is 13.0. The SMILES string of the molecule is COCCN(C)CCNc1cc(N)cc(F)c1. The van der Waals surface area contributed by atoms with Gasteiger partial charge in [-0.25, -0.2) is 4.39 Å². The Balaban J connectivity index is 2.30. The number of ether oxygens (including phenoxy) is 1. The predicted molar refractivity (Wildman–Crippen MR) is 68.7 cm³/mol. The van der Waals surface area contributed by atoms with Crippen LogP contribution in [0.15, 0.2) is 18.2 Å². The molecule has 0 bridgehead atoms. The fraction of sp³-hybridized carbons (Fsp3) is 0.500. The van der Waals surface area contributed by atoms with E-state index in [2.05, 4.69) is 10.2 Å². The van der Waals surface area contributed by atoms with Gasteiger partial charge in [-0.15, -0.1) is 0 Å². The summed E-state index contributed by atoms with van der Waals surface area (Å²) in [6.07, 6.45) is 0. The lowest BCUT2D eigenvalue weighted by Crippen LogP contribution is -2.28. The molecule has 0 heterocycles. The molecule has 17 heavy (non-hydrogen) atoms. The molecule has 3 N–H and O–H groups in total. The van der Waals surface area contributed by atoms with Gasteiger partial charge in [-0.2, -0.15) is 0 Å². The van der Waals surface area contributed by atoms with Crippen LogP contribution in [0.3, 0.4) is 0 Å². The van der Waals surface area contributed by atoms with E-state index in [0.717, 1.165) is 19.6 Å². The van der Waals surface area contributed by atoms with E-state index in [1.54, 1.807) is 13.2 Å². The van der Waals surface area contributed by atoms with Crippen molar-refractivity contribution in [2.24, 2.45) is 0 Å². The summed E-state index contributed by atoms with van der Waals surface area (Å²) in [5.74, 6) is -0.319. The van der Waals surface area contributed by atoms with Crippen molar-refractivity contribution in [2.75, 3.05) is 51.4 Å². The summed E-state index contributed by atoms with van der Waals surface area (Å²) in [5, 5.41) is 3.13. The summed E-state index contributed by atoms with van der Waals surface area (Å²) in [6, 6.07) is 4.46. The Morgan fingerprint density at radius 3 is 2.76 bits per heavy atom. The third kappa shape index (κ3) is 5.51. The van der Waals surface area contributed by atoms with E-state index in [1.165, 1.54) is 12.1 Å². The van der Waals surface area contributed by atoms with Crippen molar-refractivity contribution in [3.05, 3.63) is 24.0 Å². The van der Waals surface area contributed by atoms with Gasteiger partial charge in [0, 0.05) is 38.1 Å². The highest BCUT2D eigenvalue weighted by Crippen LogP contribution is 2.14. The molecule has 5 heteroatoms. The van der Waals surface area contributed by atoms with Crippen molar-refractivity contribution in [3.8, 4) is 0 Å². The number of rotatable bonds is 7. The minimum atomic E-state index is -0.319. The van der Waals surface area contributed by atoms with E-state index in [9.17, 15) is 4.39 Å². The Bertz CT molecular complexity index is 326. The molecular weight excluding hydrogens is 221 g/mol. The van der Waals surface area contributed by atoms with Crippen molar-refractivity contribution in [1.29, 1.82) is 0 Å². The molecule has 0 spiro atoms.